The normalized spacial score (nSPS) is 12.0. The van der Waals surface area contributed by atoms with Crippen molar-refractivity contribution in [1.29, 1.82) is 0 Å². The van der Waals surface area contributed by atoms with Gasteiger partial charge in [-0.2, -0.15) is 0 Å². The summed E-state index contributed by atoms with van der Waals surface area (Å²) in [7, 11) is 0. The molecule has 0 radical (unpaired) electrons. The lowest BCUT2D eigenvalue weighted by Gasteiger charge is -2.06. The highest BCUT2D eigenvalue weighted by Gasteiger charge is 2.19. The largest absolute Gasteiger partial charge is 0.465 e. The Kier molecular flexibility index (Phi) is 5.50. The van der Waals surface area contributed by atoms with E-state index < -0.39 is 11.2 Å². The summed E-state index contributed by atoms with van der Waals surface area (Å²) in [6.45, 7) is 5.50. The fraction of sp³-hybridized carbons (Fsp3) is 0.417. The van der Waals surface area contributed by atoms with Gasteiger partial charge in [-0.3, -0.25) is 14.9 Å². The van der Waals surface area contributed by atoms with E-state index >= 15 is 0 Å². The maximum absolute atomic E-state index is 11.9. The second kappa shape index (κ2) is 7.36. The molecule has 2 rings (SSSR count). The number of aromatic nitrogens is 3. The Morgan fingerprint density at radius 1 is 1.50 bits per heavy atom. The molecule has 1 atom stereocenters. The molecule has 10 heteroatoms. The number of hydrogen-bond acceptors (Lipinski definition) is 9. The summed E-state index contributed by atoms with van der Waals surface area (Å²) in [6.07, 6.45) is 0. The zero-order valence-corrected chi connectivity index (χ0v) is 13.8. The van der Waals surface area contributed by atoms with Crippen LogP contribution in [-0.2, 0) is 9.53 Å². The highest BCUT2D eigenvalue weighted by atomic mass is 32.2. The first-order chi connectivity index (χ1) is 10.5. The number of amides is 1. The monoisotopic (exact) mass is 342 g/mol. The summed E-state index contributed by atoms with van der Waals surface area (Å²) >= 11 is 2.39. The van der Waals surface area contributed by atoms with Gasteiger partial charge in [0.25, 0.3) is 5.91 Å². The molecule has 2 aromatic heterocycles. The van der Waals surface area contributed by atoms with E-state index in [2.05, 4.69) is 20.7 Å². The molecule has 0 spiro atoms. The molecule has 8 nitrogen and oxygen atoms in total. The quantitative estimate of drug-likeness (QED) is 0.483. The van der Waals surface area contributed by atoms with E-state index in [1.165, 1.54) is 29.2 Å². The number of thioether (sulfide) groups is 1. The number of hydrogen-bond donors (Lipinski definition) is 1. The van der Waals surface area contributed by atoms with Crippen LogP contribution in [0.1, 0.15) is 30.1 Å². The predicted octanol–water partition coefficient (Wildman–Crippen LogP) is 2.13. The van der Waals surface area contributed by atoms with Crippen molar-refractivity contribution in [2.24, 2.45) is 0 Å². The van der Waals surface area contributed by atoms with E-state index in [1.807, 2.05) is 0 Å². The number of carbonyl (C=O) groups is 2. The Morgan fingerprint density at radius 2 is 2.27 bits per heavy atom. The second-order valence-electron chi connectivity index (χ2n) is 4.16. The molecule has 1 amide bonds. The Labute approximate surface area is 134 Å². The number of nitrogens with one attached hydrogen (secondary N) is 1. The van der Waals surface area contributed by atoms with Gasteiger partial charge in [0.2, 0.25) is 5.13 Å². The third-order valence-electron chi connectivity index (χ3n) is 2.38. The van der Waals surface area contributed by atoms with Crippen LogP contribution in [0.2, 0.25) is 0 Å². The number of anilines is 1. The van der Waals surface area contributed by atoms with Gasteiger partial charge in [-0.15, -0.1) is 10.2 Å². The lowest BCUT2D eigenvalue weighted by atomic mass is 10.4. The van der Waals surface area contributed by atoms with Crippen molar-refractivity contribution in [3.05, 3.63) is 17.5 Å². The molecule has 0 aliphatic rings. The van der Waals surface area contributed by atoms with Crippen molar-refractivity contribution < 1.29 is 18.8 Å². The van der Waals surface area contributed by atoms with E-state index in [-0.39, 0.29) is 11.7 Å². The van der Waals surface area contributed by atoms with Gasteiger partial charge >= 0.3 is 5.97 Å². The minimum atomic E-state index is -0.428. The number of esters is 1. The minimum Gasteiger partial charge on any atom is -0.465 e. The smallest absolute Gasteiger partial charge is 0.319 e. The summed E-state index contributed by atoms with van der Waals surface area (Å²) in [5, 5.41) is 13.9. The molecule has 2 aromatic rings. The molecule has 0 aromatic carbocycles. The zero-order chi connectivity index (χ0) is 16.1. The molecular formula is C12H14N4O4S2. The van der Waals surface area contributed by atoms with Gasteiger partial charge < -0.3 is 9.26 Å². The van der Waals surface area contributed by atoms with Crippen LogP contribution in [-0.4, -0.2) is 39.1 Å². The highest BCUT2D eigenvalue weighted by molar-refractivity contribution is 8.02. The maximum Gasteiger partial charge on any atom is 0.319 e. The van der Waals surface area contributed by atoms with E-state index in [4.69, 9.17) is 9.26 Å². The minimum absolute atomic E-state index is 0.168. The van der Waals surface area contributed by atoms with Crippen LogP contribution in [0, 0.1) is 6.92 Å². The number of carbonyl (C=O) groups excluding carboxylic acids is 2. The zero-order valence-electron chi connectivity index (χ0n) is 12.2. The predicted molar refractivity (Wildman–Crippen MR) is 81.1 cm³/mol. The van der Waals surface area contributed by atoms with Crippen molar-refractivity contribution >= 4 is 40.1 Å². The average molecular weight is 342 g/mol. The standard InChI is InChI=1S/C12H14N4O4S2/c1-4-19-10(18)7(3)21-12-15-14-11(22-12)13-9(17)8-5-6(2)20-16-8/h5,7H,4H2,1-3H3,(H,13,14,17). The van der Waals surface area contributed by atoms with Crippen molar-refractivity contribution in [1.82, 2.24) is 15.4 Å². The Hall–Kier alpha value is -1.94. The van der Waals surface area contributed by atoms with Gasteiger partial charge in [0, 0.05) is 6.07 Å². The van der Waals surface area contributed by atoms with Gasteiger partial charge in [0.15, 0.2) is 10.0 Å². The van der Waals surface area contributed by atoms with Crippen molar-refractivity contribution in [3.8, 4) is 0 Å². The third kappa shape index (κ3) is 4.28. The molecule has 0 saturated carbocycles. The third-order valence-corrected chi connectivity index (χ3v) is 4.38. The van der Waals surface area contributed by atoms with Crippen LogP contribution in [0.25, 0.3) is 0 Å². The van der Waals surface area contributed by atoms with Crippen LogP contribution >= 0.6 is 23.1 Å². The van der Waals surface area contributed by atoms with E-state index in [0.29, 0.717) is 21.8 Å². The summed E-state index contributed by atoms with van der Waals surface area (Å²) in [4.78, 5) is 23.4. The molecule has 0 aliphatic carbocycles. The van der Waals surface area contributed by atoms with E-state index in [0.717, 1.165) is 0 Å². The molecule has 118 valence electrons. The van der Waals surface area contributed by atoms with Gasteiger partial charge in [-0.05, 0) is 20.8 Å². The van der Waals surface area contributed by atoms with Gasteiger partial charge in [0.05, 0.1) is 6.61 Å². The van der Waals surface area contributed by atoms with Crippen LogP contribution in [0.4, 0.5) is 5.13 Å². The first-order valence-electron chi connectivity index (χ1n) is 6.41. The second-order valence-corrected chi connectivity index (χ2v) is 6.73. The SMILES string of the molecule is CCOC(=O)C(C)Sc1nnc(NC(=O)c2cc(C)on2)s1. The lowest BCUT2D eigenvalue weighted by Crippen LogP contribution is -2.16. The fourth-order valence-electron chi connectivity index (χ4n) is 1.40. The molecule has 0 saturated heterocycles. The maximum atomic E-state index is 11.9. The van der Waals surface area contributed by atoms with Crippen LogP contribution in [0.3, 0.4) is 0 Å². The number of aryl methyl sites for hydroxylation is 1. The number of rotatable bonds is 6. The molecular weight excluding hydrogens is 328 g/mol. The molecule has 0 fully saturated rings. The van der Waals surface area contributed by atoms with Crippen LogP contribution in [0.15, 0.2) is 14.9 Å². The van der Waals surface area contributed by atoms with Crippen molar-refractivity contribution in [2.45, 2.75) is 30.4 Å². The highest BCUT2D eigenvalue weighted by Crippen LogP contribution is 2.29. The lowest BCUT2D eigenvalue weighted by molar-refractivity contribution is -0.142. The van der Waals surface area contributed by atoms with Crippen molar-refractivity contribution in [2.75, 3.05) is 11.9 Å². The van der Waals surface area contributed by atoms with Gasteiger partial charge in [-0.1, -0.05) is 28.3 Å². The summed E-state index contributed by atoms with van der Waals surface area (Å²) in [5.74, 6) is -0.198. The number of ether oxygens (including phenoxy) is 1. The fourth-order valence-corrected chi connectivity index (χ4v) is 3.29. The number of nitrogens with zero attached hydrogens (tertiary/aromatic N) is 3. The van der Waals surface area contributed by atoms with Gasteiger partial charge in [0.1, 0.15) is 11.0 Å². The average Bonchev–Trinajstić information content (AvgIpc) is 3.08. The molecule has 0 aliphatic heterocycles. The van der Waals surface area contributed by atoms with Crippen LogP contribution < -0.4 is 5.32 Å². The van der Waals surface area contributed by atoms with E-state index in [1.54, 1.807) is 20.8 Å². The molecule has 0 bridgehead atoms. The molecule has 2 heterocycles. The first kappa shape index (κ1) is 16.4. The Bertz CT molecular complexity index is 670. The van der Waals surface area contributed by atoms with Gasteiger partial charge in [-0.25, -0.2) is 0 Å². The Morgan fingerprint density at radius 3 is 2.91 bits per heavy atom. The van der Waals surface area contributed by atoms with E-state index in [9.17, 15) is 9.59 Å². The first-order valence-corrected chi connectivity index (χ1v) is 8.10. The van der Waals surface area contributed by atoms with Crippen molar-refractivity contribution in [3.63, 3.8) is 0 Å². The Balaban J connectivity index is 1.94. The molecule has 22 heavy (non-hydrogen) atoms. The summed E-state index contributed by atoms with van der Waals surface area (Å²) < 4.78 is 10.3. The topological polar surface area (TPSA) is 107 Å². The van der Waals surface area contributed by atoms with Crippen LogP contribution in [0.5, 0.6) is 0 Å². The molecule has 1 N–H and O–H groups in total. The summed E-state index contributed by atoms with van der Waals surface area (Å²) in [6, 6.07) is 1.52. The molecule has 1 unspecified atom stereocenters. The summed E-state index contributed by atoms with van der Waals surface area (Å²) in [5.41, 5.74) is 0.168.